The number of carbonyl (C=O) groups excluding carboxylic acids is 1. The van der Waals surface area contributed by atoms with Crippen molar-refractivity contribution in [2.24, 2.45) is 13.0 Å². The molecule has 1 aliphatic heterocycles. The van der Waals surface area contributed by atoms with E-state index in [1.54, 1.807) is 6.20 Å². The van der Waals surface area contributed by atoms with E-state index in [2.05, 4.69) is 9.88 Å². The average Bonchev–Trinajstić information content (AvgIpc) is 2.76. The molecule has 0 saturated carbocycles. The van der Waals surface area contributed by atoms with Gasteiger partial charge in [0.25, 0.3) is 0 Å². The van der Waals surface area contributed by atoms with E-state index in [1.807, 2.05) is 24.7 Å². The maximum Gasteiger partial charge on any atom is 0.310 e. The van der Waals surface area contributed by atoms with E-state index in [0.717, 1.165) is 25.3 Å². The molecule has 0 aromatic carbocycles. The Labute approximate surface area is 101 Å². The van der Waals surface area contributed by atoms with Crippen LogP contribution >= 0.6 is 0 Å². The summed E-state index contributed by atoms with van der Waals surface area (Å²) in [6, 6.07) is 0. The van der Waals surface area contributed by atoms with Gasteiger partial charge in [-0.1, -0.05) is 0 Å². The van der Waals surface area contributed by atoms with E-state index in [0.29, 0.717) is 13.2 Å². The SMILES string of the molecule is CCOC(=O)C1CCCN(c2nccn2C)C1. The fourth-order valence-corrected chi connectivity index (χ4v) is 2.27. The zero-order valence-electron chi connectivity index (χ0n) is 10.4. The molecule has 5 nitrogen and oxygen atoms in total. The highest BCUT2D eigenvalue weighted by molar-refractivity contribution is 5.73. The molecular weight excluding hydrogens is 218 g/mol. The molecule has 0 N–H and O–H groups in total. The first-order valence-corrected chi connectivity index (χ1v) is 6.11. The van der Waals surface area contributed by atoms with Crippen LogP contribution in [-0.4, -0.2) is 35.2 Å². The van der Waals surface area contributed by atoms with Crippen LogP contribution < -0.4 is 4.90 Å². The minimum Gasteiger partial charge on any atom is -0.466 e. The van der Waals surface area contributed by atoms with Crippen molar-refractivity contribution >= 4 is 11.9 Å². The zero-order valence-corrected chi connectivity index (χ0v) is 10.4. The zero-order chi connectivity index (χ0) is 12.3. The molecule has 94 valence electrons. The topological polar surface area (TPSA) is 47.4 Å². The molecule has 0 bridgehead atoms. The maximum atomic E-state index is 11.7. The number of carbonyl (C=O) groups is 1. The van der Waals surface area contributed by atoms with Crippen molar-refractivity contribution in [3.05, 3.63) is 12.4 Å². The van der Waals surface area contributed by atoms with Crippen LogP contribution in [0.4, 0.5) is 5.95 Å². The van der Waals surface area contributed by atoms with Crippen molar-refractivity contribution in [2.75, 3.05) is 24.6 Å². The summed E-state index contributed by atoms with van der Waals surface area (Å²) in [5.74, 6) is 0.839. The standard InChI is InChI=1S/C12H19N3O2/c1-3-17-11(16)10-5-4-7-15(9-10)12-13-6-8-14(12)2/h6,8,10H,3-5,7,9H2,1-2H3. The first-order valence-electron chi connectivity index (χ1n) is 6.11. The monoisotopic (exact) mass is 237 g/mol. The number of rotatable bonds is 3. The van der Waals surface area contributed by atoms with Crippen LogP contribution in [-0.2, 0) is 16.6 Å². The Morgan fingerprint density at radius 2 is 2.47 bits per heavy atom. The van der Waals surface area contributed by atoms with Crippen LogP contribution in [0.15, 0.2) is 12.4 Å². The summed E-state index contributed by atoms with van der Waals surface area (Å²) >= 11 is 0. The average molecular weight is 237 g/mol. The minimum atomic E-state index is -0.0774. The number of ether oxygens (including phenoxy) is 1. The summed E-state index contributed by atoms with van der Waals surface area (Å²) in [5, 5.41) is 0. The Morgan fingerprint density at radius 3 is 3.12 bits per heavy atom. The molecule has 0 amide bonds. The van der Waals surface area contributed by atoms with E-state index < -0.39 is 0 Å². The van der Waals surface area contributed by atoms with Gasteiger partial charge in [0.2, 0.25) is 5.95 Å². The largest absolute Gasteiger partial charge is 0.466 e. The number of hydrogen-bond acceptors (Lipinski definition) is 4. The van der Waals surface area contributed by atoms with Crippen molar-refractivity contribution < 1.29 is 9.53 Å². The third-order valence-corrected chi connectivity index (χ3v) is 3.12. The molecule has 1 atom stereocenters. The van der Waals surface area contributed by atoms with Crippen LogP contribution in [0.5, 0.6) is 0 Å². The summed E-state index contributed by atoms with van der Waals surface area (Å²) in [5.41, 5.74) is 0. The van der Waals surface area contributed by atoms with E-state index in [-0.39, 0.29) is 11.9 Å². The predicted octanol–water partition coefficient (Wildman–Crippen LogP) is 1.20. The maximum absolute atomic E-state index is 11.7. The van der Waals surface area contributed by atoms with Crippen molar-refractivity contribution in [1.82, 2.24) is 9.55 Å². The number of aromatic nitrogens is 2. The first kappa shape index (κ1) is 12.0. The summed E-state index contributed by atoms with van der Waals surface area (Å²) in [6.45, 7) is 3.97. The number of esters is 1. The van der Waals surface area contributed by atoms with Crippen LogP contribution in [0.3, 0.4) is 0 Å². The molecule has 1 fully saturated rings. The van der Waals surface area contributed by atoms with Gasteiger partial charge >= 0.3 is 5.97 Å². The molecule has 1 saturated heterocycles. The molecule has 1 aromatic rings. The second kappa shape index (κ2) is 5.21. The Morgan fingerprint density at radius 1 is 1.65 bits per heavy atom. The molecule has 0 radical (unpaired) electrons. The number of imidazole rings is 1. The van der Waals surface area contributed by atoms with E-state index in [1.165, 1.54) is 0 Å². The molecule has 0 aliphatic carbocycles. The number of nitrogens with zero attached hydrogens (tertiary/aromatic N) is 3. The van der Waals surface area contributed by atoms with Crippen LogP contribution in [0.25, 0.3) is 0 Å². The third-order valence-electron chi connectivity index (χ3n) is 3.12. The summed E-state index contributed by atoms with van der Waals surface area (Å²) in [7, 11) is 1.97. The molecular formula is C12H19N3O2. The van der Waals surface area contributed by atoms with Crippen molar-refractivity contribution in [1.29, 1.82) is 0 Å². The fraction of sp³-hybridized carbons (Fsp3) is 0.667. The molecule has 2 rings (SSSR count). The van der Waals surface area contributed by atoms with Crippen molar-refractivity contribution in [3.8, 4) is 0 Å². The lowest BCUT2D eigenvalue weighted by molar-refractivity contribution is -0.148. The highest BCUT2D eigenvalue weighted by atomic mass is 16.5. The van der Waals surface area contributed by atoms with Crippen LogP contribution in [0.2, 0.25) is 0 Å². The Balaban J connectivity index is 2.02. The Kier molecular flexibility index (Phi) is 3.66. The van der Waals surface area contributed by atoms with Crippen LogP contribution in [0.1, 0.15) is 19.8 Å². The lowest BCUT2D eigenvalue weighted by Gasteiger charge is -2.32. The fourth-order valence-electron chi connectivity index (χ4n) is 2.27. The third kappa shape index (κ3) is 2.60. The van der Waals surface area contributed by atoms with E-state index in [9.17, 15) is 4.79 Å². The molecule has 5 heteroatoms. The van der Waals surface area contributed by atoms with Gasteiger partial charge in [-0.3, -0.25) is 4.79 Å². The number of anilines is 1. The number of piperidine rings is 1. The minimum absolute atomic E-state index is 0.0135. The van der Waals surface area contributed by atoms with E-state index in [4.69, 9.17) is 4.74 Å². The number of hydrogen-bond donors (Lipinski definition) is 0. The van der Waals surface area contributed by atoms with Gasteiger partial charge in [0.1, 0.15) is 0 Å². The molecule has 1 aromatic heterocycles. The van der Waals surface area contributed by atoms with Gasteiger partial charge in [0, 0.05) is 32.5 Å². The van der Waals surface area contributed by atoms with Crippen molar-refractivity contribution in [2.45, 2.75) is 19.8 Å². The number of aryl methyl sites for hydroxylation is 1. The molecule has 2 heterocycles. The lowest BCUT2D eigenvalue weighted by atomic mass is 9.98. The van der Waals surface area contributed by atoms with E-state index >= 15 is 0 Å². The van der Waals surface area contributed by atoms with Crippen molar-refractivity contribution in [3.63, 3.8) is 0 Å². The Bertz CT molecular complexity index is 389. The summed E-state index contributed by atoms with van der Waals surface area (Å²) in [6.07, 6.45) is 5.63. The second-order valence-corrected chi connectivity index (χ2v) is 4.38. The highest BCUT2D eigenvalue weighted by Crippen LogP contribution is 2.22. The molecule has 0 spiro atoms. The lowest BCUT2D eigenvalue weighted by Crippen LogP contribution is -2.40. The molecule has 1 unspecified atom stereocenters. The quantitative estimate of drug-likeness (QED) is 0.741. The summed E-state index contributed by atoms with van der Waals surface area (Å²) in [4.78, 5) is 18.2. The van der Waals surface area contributed by atoms with Crippen LogP contribution in [0, 0.1) is 5.92 Å². The normalized spacial score (nSPS) is 20.4. The second-order valence-electron chi connectivity index (χ2n) is 4.38. The first-order chi connectivity index (χ1) is 8.22. The van der Waals surface area contributed by atoms with Gasteiger partial charge in [-0.15, -0.1) is 0 Å². The van der Waals surface area contributed by atoms with Gasteiger partial charge in [0.15, 0.2) is 0 Å². The van der Waals surface area contributed by atoms with Gasteiger partial charge in [-0.25, -0.2) is 4.98 Å². The van der Waals surface area contributed by atoms with Gasteiger partial charge in [0.05, 0.1) is 12.5 Å². The summed E-state index contributed by atoms with van der Waals surface area (Å²) < 4.78 is 7.06. The van der Waals surface area contributed by atoms with Gasteiger partial charge < -0.3 is 14.2 Å². The highest BCUT2D eigenvalue weighted by Gasteiger charge is 2.28. The molecule has 17 heavy (non-hydrogen) atoms. The smallest absolute Gasteiger partial charge is 0.310 e. The predicted molar refractivity (Wildman–Crippen MR) is 64.8 cm³/mol. The van der Waals surface area contributed by atoms with Gasteiger partial charge in [-0.05, 0) is 19.8 Å². The van der Waals surface area contributed by atoms with Gasteiger partial charge in [-0.2, -0.15) is 0 Å². The Hall–Kier alpha value is -1.52. The molecule has 1 aliphatic rings.